The zero-order valence-corrected chi connectivity index (χ0v) is 12.1. The number of amides is 2. The van der Waals surface area contributed by atoms with E-state index in [0.29, 0.717) is 13.2 Å². The van der Waals surface area contributed by atoms with Crippen LogP contribution < -0.4 is 10.6 Å². The van der Waals surface area contributed by atoms with Crippen LogP contribution in [0.5, 0.6) is 0 Å². The smallest absolute Gasteiger partial charge is 0.319 e. The van der Waals surface area contributed by atoms with Gasteiger partial charge in [-0.15, -0.1) is 0 Å². The Hall–Kier alpha value is -1.55. The highest BCUT2D eigenvalue weighted by molar-refractivity contribution is 5.89. The van der Waals surface area contributed by atoms with Crippen molar-refractivity contribution in [1.82, 2.24) is 5.32 Å². The van der Waals surface area contributed by atoms with E-state index in [1.165, 1.54) is 0 Å². The highest BCUT2D eigenvalue weighted by atomic mass is 16.5. The summed E-state index contributed by atoms with van der Waals surface area (Å²) in [6.45, 7) is 9.03. The molecule has 104 valence electrons. The average Bonchev–Trinajstić information content (AvgIpc) is 2.45. The Kier molecular flexibility index (Phi) is 16.1. The topological polar surface area (TPSA) is 50.4 Å². The second kappa shape index (κ2) is 15.4. The number of para-hydroxylation sites is 1. The van der Waals surface area contributed by atoms with E-state index in [1.54, 1.807) is 7.11 Å². The molecular weight excluding hydrogens is 228 g/mol. The van der Waals surface area contributed by atoms with Crippen LogP contribution in [-0.4, -0.2) is 26.3 Å². The van der Waals surface area contributed by atoms with Crippen molar-refractivity contribution >= 4 is 11.7 Å². The predicted molar refractivity (Wildman–Crippen MR) is 78.0 cm³/mol. The Bertz CT molecular complexity index is 276. The number of rotatable bonds is 4. The second-order valence-corrected chi connectivity index (χ2v) is 2.74. The minimum absolute atomic E-state index is 0.215. The van der Waals surface area contributed by atoms with Gasteiger partial charge < -0.3 is 15.4 Å². The number of urea groups is 1. The highest BCUT2D eigenvalue weighted by Crippen LogP contribution is 2.03. The standard InChI is InChI=1S/C10H14N2O2.2C2H6/c1-14-8-7-11-10(13)12-9-5-3-2-4-6-9;2*1-2/h2-6H,7-8H2,1H3,(H2,11,12,13);2*1-2H3. The number of nitrogens with one attached hydrogen (secondary N) is 2. The summed E-state index contributed by atoms with van der Waals surface area (Å²) >= 11 is 0. The third-order valence-electron chi connectivity index (χ3n) is 1.62. The third-order valence-corrected chi connectivity index (χ3v) is 1.62. The lowest BCUT2D eigenvalue weighted by molar-refractivity contribution is 0.198. The molecular formula is C14H26N2O2. The van der Waals surface area contributed by atoms with Crippen LogP contribution in [-0.2, 0) is 4.74 Å². The van der Waals surface area contributed by atoms with Gasteiger partial charge in [-0.3, -0.25) is 0 Å². The fourth-order valence-electron chi connectivity index (χ4n) is 0.963. The Labute approximate surface area is 111 Å². The third kappa shape index (κ3) is 11.0. The van der Waals surface area contributed by atoms with Crippen molar-refractivity contribution in [1.29, 1.82) is 0 Å². The van der Waals surface area contributed by atoms with E-state index in [9.17, 15) is 4.79 Å². The van der Waals surface area contributed by atoms with Crippen LogP contribution >= 0.6 is 0 Å². The van der Waals surface area contributed by atoms with E-state index in [-0.39, 0.29) is 6.03 Å². The molecule has 0 radical (unpaired) electrons. The van der Waals surface area contributed by atoms with E-state index >= 15 is 0 Å². The molecule has 4 heteroatoms. The molecule has 4 nitrogen and oxygen atoms in total. The fourth-order valence-corrected chi connectivity index (χ4v) is 0.963. The molecule has 0 unspecified atom stereocenters. The monoisotopic (exact) mass is 254 g/mol. The molecule has 0 saturated heterocycles. The first-order chi connectivity index (χ1) is 8.83. The van der Waals surface area contributed by atoms with Gasteiger partial charge in [0, 0.05) is 19.3 Å². The lowest BCUT2D eigenvalue weighted by Gasteiger charge is -2.06. The highest BCUT2D eigenvalue weighted by Gasteiger charge is 1.98. The molecule has 0 saturated carbocycles. The van der Waals surface area contributed by atoms with Crippen LogP contribution in [0.4, 0.5) is 10.5 Å². The Morgan fingerprint density at radius 3 is 2.17 bits per heavy atom. The summed E-state index contributed by atoms with van der Waals surface area (Å²) in [6, 6.07) is 9.07. The van der Waals surface area contributed by atoms with Crippen molar-refractivity contribution in [2.24, 2.45) is 0 Å². The molecule has 0 aromatic heterocycles. The quantitative estimate of drug-likeness (QED) is 0.808. The number of carbonyl (C=O) groups is 1. The number of ether oxygens (including phenoxy) is 1. The summed E-state index contributed by atoms with van der Waals surface area (Å²) < 4.78 is 4.80. The minimum atomic E-state index is -0.215. The molecule has 0 fully saturated rings. The first-order valence-electron chi connectivity index (χ1n) is 6.42. The van der Waals surface area contributed by atoms with E-state index in [2.05, 4.69) is 10.6 Å². The first-order valence-corrected chi connectivity index (χ1v) is 6.42. The van der Waals surface area contributed by atoms with Gasteiger partial charge in [0.1, 0.15) is 0 Å². The zero-order valence-electron chi connectivity index (χ0n) is 12.1. The molecule has 0 spiro atoms. The van der Waals surface area contributed by atoms with Crippen LogP contribution in [0.2, 0.25) is 0 Å². The number of methoxy groups -OCH3 is 1. The van der Waals surface area contributed by atoms with Crippen LogP contribution in [0.3, 0.4) is 0 Å². The molecule has 1 aromatic rings. The zero-order chi connectivity index (χ0) is 14.2. The van der Waals surface area contributed by atoms with Gasteiger partial charge in [0.25, 0.3) is 0 Å². The molecule has 0 bridgehead atoms. The molecule has 0 aliphatic carbocycles. The summed E-state index contributed by atoms with van der Waals surface area (Å²) in [6.07, 6.45) is 0. The molecule has 0 heterocycles. The van der Waals surface area contributed by atoms with E-state index in [0.717, 1.165) is 5.69 Å². The van der Waals surface area contributed by atoms with Crippen molar-refractivity contribution in [3.8, 4) is 0 Å². The van der Waals surface area contributed by atoms with Gasteiger partial charge in [-0.05, 0) is 12.1 Å². The number of anilines is 1. The van der Waals surface area contributed by atoms with Crippen LogP contribution in [0.25, 0.3) is 0 Å². The number of hydrogen-bond donors (Lipinski definition) is 2. The molecule has 1 rings (SSSR count). The lowest BCUT2D eigenvalue weighted by Crippen LogP contribution is -2.31. The van der Waals surface area contributed by atoms with Crippen molar-refractivity contribution in [3.63, 3.8) is 0 Å². The van der Waals surface area contributed by atoms with Gasteiger partial charge in [0.15, 0.2) is 0 Å². The van der Waals surface area contributed by atoms with Crippen molar-refractivity contribution in [2.45, 2.75) is 27.7 Å². The average molecular weight is 254 g/mol. The van der Waals surface area contributed by atoms with E-state index in [1.807, 2.05) is 58.0 Å². The summed E-state index contributed by atoms with van der Waals surface area (Å²) in [7, 11) is 1.59. The maximum absolute atomic E-state index is 11.2. The van der Waals surface area contributed by atoms with Crippen LogP contribution in [0.1, 0.15) is 27.7 Å². The largest absolute Gasteiger partial charge is 0.383 e. The second-order valence-electron chi connectivity index (χ2n) is 2.74. The van der Waals surface area contributed by atoms with Gasteiger partial charge in [-0.2, -0.15) is 0 Å². The number of carbonyl (C=O) groups excluding carboxylic acids is 1. The molecule has 0 atom stereocenters. The van der Waals surface area contributed by atoms with Crippen molar-refractivity contribution in [2.75, 3.05) is 25.6 Å². The molecule has 18 heavy (non-hydrogen) atoms. The SMILES string of the molecule is CC.CC.COCCNC(=O)Nc1ccccc1. The number of benzene rings is 1. The Morgan fingerprint density at radius 1 is 1.11 bits per heavy atom. The summed E-state index contributed by atoms with van der Waals surface area (Å²) in [5, 5.41) is 5.35. The van der Waals surface area contributed by atoms with Crippen LogP contribution in [0.15, 0.2) is 30.3 Å². The van der Waals surface area contributed by atoms with Crippen molar-refractivity contribution < 1.29 is 9.53 Å². The van der Waals surface area contributed by atoms with Crippen LogP contribution in [0, 0.1) is 0 Å². The normalized spacial score (nSPS) is 8.06. The van der Waals surface area contributed by atoms with E-state index < -0.39 is 0 Å². The van der Waals surface area contributed by atoms with Crippen molar-refractivity contribution in [3.05, 3.63) is 30.3 Å². The Balaban J connectivity index is 0. The summed E-state index contributed by atoms with van der Waals surface area (Å²) in [5.41, 5.74) is 0.780. The van der Waals surface area contributed by atoms with Gasteiger partial charge in [0.2, 0.25) is 0 Å². The summed E-state index contributed by atoms with van der Waals surface area (Å²) in [4.78, 5) is 11.2. The molecule has 0 aliphatic heterocycles. The first kappa shape index (κ1) is 18.8. The Morgan fingerprint density at radius 2 is 1.67 bits per heavy atom. The fraction of sp³-hybridized carbons (Fsp3) is 0.500. The molecule has 2 amide bonds. The lowest BCUT2D eigenvalue weighted by atomic mass is 10.3. The number of hydrogen-bond acceptors (Lipinski definition) is 2. The predicted octanol–water partition coefficient (Wildman–Crippen LogP) is 3.51. The van der Waals surface area contributed by atoms with E-state index in [4.69, 9.17) is 4.74 Å². The van der Waals surface area contributed by atoms with Gasteiger partial charge in [-0.1, -0.05) is 45.9 Å². The maximum Gasteiger partial charge on any atom is 0.319 e. The van der Waals surface area contributed by atoms with Gasteiger partial charge in [0.05, 0.1) is 6.61 Å². The molecule has 2 N–H and O–H groups in total. The van der Waals surface area contributed by atoms with Gasteiger partial charge >= 0.3 is 6.03 Å². The minimum Gasteiger partial charge on any atom is -0.383 e. The van der Waals surface area contributed by atoms with Gasteiger partial charge in [-0.25, -0.2) is 4.79 Å². The summed E-state index contributed by atoms with van der Waals surface area (Å²) in [5.74, 6) is 0. The molecule has 0 aliphatic rings. The molecule has 1 aromatic carbocycles. The maximum atomic E-state index is 11.2.